The van der Waals surface area contributed by atoms with E-state index >= 15 is 0 Å². The minimum absolute atomic E-state index is 0.815. The van der Waals surface area contributed by atoms with E-state index in [9.17, 15) is 0 Å². The molecular formula is C4H11Si. The predicted octanol–water partition coefficient (Wildman–Crippen LogP) is 1.30. The number of hydrogen-bond donors (Lipinski definition) is 0. The van der Waals surface area contributed by atoms with E-state index in [1.54, 1.807) is 0 Å². The summed E-state index contributed by atoms with van der Waals surface area (Å²) in [5.41, 5.74) is 0. The monoisotopic (exact) mass is 87.1 g/mol. The van der Waals surface area contributed by atoms with Gasteiger partial charge in [0.2, 0.25) is 0 Å². The fourth-order valence-corrected chi connectivity index (χ4v) is 0.866. The molecule has 0 saturated carbocycles. The van der Waals surface area contributed by atoms with E-state index in [0.717, 1.165) is 9.52 Å². The standard InChI is InChI=1S/C4H11Si/c1-3-5-4-2/h5H,3-4H2,1-2H3. The SMILES string of the molecule is CC[SiH]CC. The fourth-order valence-electron chi connectivity index (χ4n) is 0.289. The van der Waals surface area contributed by atoms with Gasteiger partial charge in [0.05, 0.1) is 0 Å². The molecular weight excluding hydrogens is 76.1 g/mol. The molecule has 1 heteroatoms. The second-order valence-electron chi connectivity index (χ2n) is 1.11. The molecule has 0 aromatic carbocycles. The van der Waals surface area contributed by atoms with Gasteiger partial charge in [0.15, 0.2) is 0 Å². The van der Waals surface area contributed by atoms with Crippen molar-refractivity contribution in [3.05, 3.63) is 0 Å². The highest BCUT2D eigenvalue weighted by Crippen LogP contribution is 1.77. The highest BCUT2D eigenvalue weighted by atomic mass is 28.2. The number of hydrogen-bond acceptors (Lipinski definition) is 0. The summed E-state index contributed by atoms with van der Waals surface area (Å²) in [7, 11) is 0.815. The summed E-state index contributed by atoms with van der Waals surface area (Å²) < 4.78 is 0. The van der Waals surface area contributed by atoms with Crippen LogP contribution in [-0.4, -0.2) is 9.52 Å². The maximum atomic E-state index is 2.25. The molecule has 0 aliphatic rings. The van der Waals surface area contributed by atoms with Crippen molar-refractivity contribution in [3.8, 4) is 0 Å². The maximum absolute atomic E-state index is 2.25. The molecule has 0 N–H and O–H groups in total. The van der Waals surface area contributed by atoms with Crippen molar-refractivity contribution >= 4 is 9.52 Å². The van der Waals surface area contributed by atoms with Gasteiger partial charge in [-0.15, -0.1) is 0 Å². The molecule has 0 heterocycles. The zero-order valence-electron chi connectivity index (χ0n) is 3.99. The van der Waals surface area contributed by atoms with Gasteiger partial charge in [-0.2, -0.15) is 0 Å². The van der Waals surface area contributed by atoms with Gasteiger partial charge in [0, 0.05) is 9.52 Å². The van der Waals surface area contributed by atoms with Crippen LogP contribution in [0.5, 0.6) is 0 Å². The van der Waals surface area contributed by atoms with Crippen LogP contribution in [0.2, 0.25) is 12.1 Å². The Balaban J connectivity index is 2.19. The summed E-state index contributed by atoms with van der Waals surface area (Å²) in [5, 5.41) is 0. The van der Waals surface area contributed by atoms with Crippen molar-refractivity contribution in [2.75, 3.05) is 0 Å². The Labute approximate surface area is 36.4 Å². The molecule has 0 bridgehead atoms. The van der Waals surface area contributed by atoms with Crippen LogP contribution in [-0.2, 0) is 0 Å². The quantitative estimate of drug-likeness (QED) is 0.445. The molecule has 0 rings (SSSR count). The Hall–Kier alpha value is 0.217. The summed E-state index contributed by atoms with van der Waals surface area (Å²) in [6.45, 7) is 4.50. The molecule has 0 spiro atoms. The second-order valence-corrected chi connectivity index (χ2v) is 3.32. The Kier molecular flexibility index (Phi) is 4.40. The van der Waals surface area contributed by atoms with E-state index in [-0.39, 0.29) is 0 Å². The summed E-state index contributed by atoms with van der Waals surface area (Å²) >= 11 is 0. The van der Waals surface area contributed by atoms with Crippen LogP contribution in [0, 0.1) is 0 Å². The minimum atomic E-state index is 0.815. The van der Waals surface area contributed by atoms with Crippen LogP contribution in [0.15, 0.2) is 0 Å². The van der Waals surface area contributed by atoms with Crippen LogP contribution in [0.1, 0.15) is 13.8 Å². The first-order chi connectivity index (χ1) is 2.41. The van der Waals surface area contributed by atoms with E-state index in [1.807, 2.05) is 0 Å². The lowest BCUT2D eigenvalue weighted by atomic mass is 11.0. The summed E-state index contributed by atoms with van der Waals surface area (Å²) in [6.07, 6.45) is 0. The summed E-state index contributed by atoms with van der Waals surface area (Å²) in [4.78, 5) is 0. The van der Waals surface area contributed by atoms with E-state index in [4.69, 9.17) is 0 Å². The van der Waals surface area contributed by atoms with Gasteiger partial charge < -0.3 is 0 Å². The Bertz CT molecular complexity index is 11.1. The third-order valence-electron chi connectivity index (χ3n) is 0.577. The molecule has 0 nitrogen and oxygen atoms in total. The molecule has 0 aliphatic heterocycles. The van der Waals surface area contributed by atoms with Gasteiger partial charge in [0.1, 0.15) is 0 Å². The molecule has 0 aromatic rings. The first kappa shape index (κ1) is 5.22. The van der Waals surface area contributed by atoms with Gasteiger partial charge in [-0.25, -0.2) is 0 Å². The summed E-state index contributed by atoms with van der Waals surface area (Å²) in [6, 6.07) is 2.85. The molecule has 5 heavy (non-hydrogen) atoms. The van der Waals surface area contributed by atoms with Gasteiger partial charge in [-0.05, 0) is 0 Å². The van der Waals surface area contributed by atoms with Gasteiger partial charge in [-0.3, -0.25) is 0 Å². The first-order valence-electron chi connectivity index (χ1n) is 2.23. The molecule has 0 amide bonds. The van der Waals surface area contributed by atoms with Crippen LogP contribution in [0.25, 0.3) is 0 Å². The third kappa shape index (κ3) is 4.22. The van der Waals surface area contributed by atoms with E-state index in [2.05, 4.69) is 13.8 Å². The largest absolute Gasteiger partial charge is 0.0682 e. The molecule has 0 unspecified atom stereocenters. The average molecular weight is 87.2 g/mol. The maximum Gasteiger partial charge on any atom is 0.0274 e. The van der Waals surface area contributed by atoms with Crippen molar-refractivity contribution in [2.45, 2.75) is 25.9 Å². The van der Waals surface area contributed by atoms with Crippen molar-refractivity contribution in [3.63, 3.8) is 0 Å². The summed E-state index contributed by atoms with van der Waals surface area (Å²) in [5.74, 6) is 0. The fraction of sp³-hybridized carbons (Fsp3) is 1.00. The highest BCUT2D eigenvalue weighted by Gasteiger charge is 1.70. The molecule has 31 valence electrons. The van der Waals surface area contributed by atoms with E-state index in [0.29, 0.717) is 0 Å². The lowest BCUT2D eigenvalue weighted by Gasteiger charge is -1.77. The van der Waals surface area contributed by atoms with E-state index in [1.165, 1.54) is 12.1 Å². The molecule has 0 aromatic heterocycles. The van der Waals surface area contributed by atoms with Crippen molar-refractivity contribution in [1.82, 2.24) is 0 Å². The van der Waals surface area contributed by atoms with Crippen molar-refractivity contribution in [1.29, 1.82) is 0 Å². The van der Waals surface area contributed by atoms with Crippen LogP contribution >= 0.6 is 0 Å². The molecule has 0 saturated heterocycles. The lowest BCUT2D eigenvalue weighted by Crippen LogP contribution is -1.76. The van der Waals surface area contributed by atoms with Gasteiger partial charge in [0.25, 0.3) is 0 Å². The number of rotatable bonds is 2. The van der Waals surface area contributed by atoms with Gasteiger partial charge >= 0.3 is 0 Å². The lowest BCUT2D eigenvalue weighted by molar-refractivity contribution is 1.36. The van der Waals surface area contributed by atoms with Crippen molar-refractivity contribution < 1.29 is 0 Å². The van der Waals surface area contributed by atoms with Gasteiger partial charge in [-0.1, -0.05) is 25.9 Å². The first-order valence-corrected chi connectivity index (χ1v) is 3.86. The second kappa shape index (κ2) is 4.22. The zero-order chi connectivity index (χ0) is 4.12. The normalized spacial score (nSPS) is 8.40. The highest BCUT2D eigenvalue weighted by molar-refractivity contribution is 6.34. The Morgan fingerprint density at radius 3 is 1.60 bits per heavy atom. The Morgan fingerprint density at radius 2 is 1.60 bits per heavy atom. The van der Waals surface area contributed by atoms with E-state index < -0.39 is 0 Å². The third-order valence-corrected chi connectivity index (χ3v) is 1.73. The average Bonchev–Trinajstić information content (AvgIpc) is 1.41. The molecule has 1 radical (unpaired) electrons. The van der Waals surface area contributed by atoms with Crippen LogP contribution < -0.4 is 0 Å². The zero-order valence-corrected chi connectivity index (χ0v) is 5.15. The molecule has 0 atom stereocenters. The van der Waals surface area contributed by atoms with Crippen molar-refractivity contribution in [2.24, 2.45) is 0 Å². The minimum Gasteiger partial charge on any atom is -0.0682 e. The van der Waals surface area contributed by atoms with Crippen LogP contribution in [0.4, 0.5) is 0 Å². The molecule has 0 fully saturated rings. The predicted molar refractivity (Wildman–Crippen MR) is 28.1 cm³/mol. The van der Waals surface area contributed by atoms with Crippen LogP contribution in [0.3, 0.4) is 0 Å². The Morgan fingerprint density at radius 1 is 1.20 bits per heavy atom. The smallest absolute Gasteiger partial charge is 0.0274 e. The molecule has 0 aliphatic carbocycles. The topological polar surface area (TPSA) is 0 Å².